The Kier molecular flexibility index (Phi) is 4.81. The van der Waals surface area contributed by atoms with Gasteiger partial charge in [-0.25, -0.2) is 0 Å². The topological polar surface area (TPSA) is 101 Å². The second-order valence-electron chi connectivity index (χ2n) is 4.35. The quantitative estimate of drug-likeness (QED) is 0.618. The van der Waals surface area contributed by atoms with E-state index in [1.165, 1.54) is 5.01 Å². The lowest BCUT2D eigenvalue weighted by atomic mass is 10.2. The molecule has 1 aromatic carbocycles. The number of amides is 2. The van der Waals surface area contributed by atoms with Crippen molar-refractivity contribution in [3.8, 4) is 0 Å². The van der Waals surface area contributed by atoms with Crippen molar-refractivity contribution in [2.75, 3.05) is 16.9 Å². The highest BCUT2D eigenvalue weighted by atomic mass is 16.2. The van der Waals surface area contributed by atoms with Gasteiger partial charge in [-0.2, -0.15) is 10.1 Å². The van der Waals surface area contributed by atoms with Crippen LogP contribution < -0.4 is 16.1 Å². The van der Waals surface area contributed by atoms with Crippen LogP contribution in [0.15, 0.2) is 53.9 Å². The number of carbonyl (C=O) groups is 2. The fraction of sp³-hybridized carbons (Fsp3) is 0.0667. The second-order valence-corrected chi connectivity index (χ2v) is 4.35. The van der Waals surface area contributed by atoms with Crippen molar-refractivity contribution in [2.24, 2.45) is 10.8 Å². The van der Waals surface area contributed by atoms with Gasteiger partial charge in [0.15, 0.2) is 0 Å². The summed E-state index contributed by atoms with van der Waals surface area (Å²) in [5.41, 5.74) is 6.85. The molecular weight excluding hydrogens is 282 g/mol. The van der Waals surface area contributed by atoms with Gasteiger partial charge in [0.25, 0.3) is 5.91 Å². The molecule has 0 aliphatic heterocycles. The summed E-state index contributed by atoms with van der Waals surface area (Å²) < 4.78 is 0. The van der Waals surface area contributed by atoms with Crippen LogP contribution in [0.25, 0.3) is 0 Å². The molecule has 0 aliphatic rings. The van der Waals surface area contributed by atoms with E-state index in [0.29, 0.717) is 16.9 Å². The van der Waals surface area contributed by atoms with E-state index in [1.54, 1.807) is 48.8 Å². The maximum Gasteiger partial charge on any atom is 0.266 e. The molecule has 1 heterocycles. The van der Waals surface area contributed by atoms with Gasteiger partial charge in [-0.1, -0.05) is 0 Å². The number of nitrogens with two attached hydrogens (primary N) is 1. The smallest absolute Gasteiger partial charge is 0.266 e. The molecule has 0 atom stereocenters. The molecule has 0 unspecified atom stereocenters. The van der Waals surface area contributed by atoms with Crippen LogP contribution in [0, 0.1) is 0 Å². The molecule has 0 saturated carbocycles. The zero-order chi connectivity index (χ0) is 15.9. The zero-order valence-electron chi connectivity index (χ0n) is 11.8. The number of nitrogens with zero attached hydrogens (tertiary/aromatic N) is 3. The molecular formula is C15H15N5O2. The van der Waals surface area contributed by atoms with E-state index in [1.807, 2.05) is 0 Å². The summed E-state index contributed by atoms with van der Waals surface area (Å²) in [4.78, 5) is 27.0. The number of anilines is 2. The standard InChI is InChI=1S/C15H15N5O2/c1-17-20(13-6-8-18-9-7-13)14(21)10-19-12-4-2-11(3-5-12)15(16)22/h2-9,19H,1,10H2,(H2,16,22). The summed E-state index contributed by atoms with van der Waals surface area (Å²) >= 11 is 0. The van der Waals surface area contributed by atoms with Crippen molar-refractivity contribution in [1.29, 1.82) is 0 Å². The lowest BCUT2D eigenvalue weighted by molar-refractivity contribution is -0.117. The Morgan fingerprint density at radius 1 is 1.18 bits per heavy atom. The first kappa shape index (κ1) is 15.2. The van der Waals surface area contributed by atoms with Crippen LogP contribution in [0.3, 0.4) is 0 Å². The van der Waals surface area contributed by atoms with Gasteiger partial charge in [0.2, 0.25) is 5.91 Å². The highest BCUT2D eigenvalue weighted by Crippen LogP contribution is 2.13. The number of nitrogens with one attached hydrogen (secondary N) is 1. The van der Waals surface area contributed by atoms with Crippen LogP contribution >= 0.6 is 0 Å². The number of benzene rings is 1. The summed E-state index contributed by atoms with van der Waals surface area (Å²) in [6.07, 6.45) is 3.13. The van der Waals surface area contributed by atoms with Crippen molar-refractivity contribution in [1.82, 2.24) is 4.98 Å². The van der Waals surface area contributed by atoms with E-state index in [4.69, 9.17) is 5.73 Å². The molecule has 3 N–H and O–H groups in total. The van der Waals surface area contributed by atoms with Crippen LogP contribution in [0.2, 0.25) is 0 Å². The third-order valence-corrected chi connectivity index (χ3v) is 2.90. The predicted molar refractivity (Wildman–Crippen MR) is 84.7 cm³/mol. The highest BCUT2D eigenvalue weighted by molar-refractivity contribution is 5.96. The minimum Gasteiger partial charge on any atom is -0.376 e. The first-order valence-electron chi connectivity index (χ1n) is 6.45. The summed E-state index contributed by atoms with van der Waals surface area (Å²) in [5, 5.41) is 7.85. The summed E-state index contributed by atoms with van der Waals surface area (Å²) in [5.74, 6) is -0.775. The third kappa shape index (κ3) is 3.66. The summed E-state index contributed by atoms with van der Waals surface area (Å²) in [7, 11) is 0. The predicted octanol–water partition coefficient (Wildman–Crippen LogP) is 1.24. The Morgan fingerprint density at radius 2 is 1.82 bits per heavy atom. The Bertz CT molecular complexity index is 670. The summed E-state index contributed by atoms with van der Waals surface area (Å²) in [6, 6.07) is 9.84. The average molecular weight is 297 g/mol. The molecule has 2 aromatic rings. The molecule has 2 amide bonds. The third-order valence-electron chi connectivity index (χ3n) is 2.90. The van der Waals surface area contributed by atoms with Gasteiger partial charge in [0, 0.05) is 30.4 Å². The van der Waals surface area contributed by atoms with Crippen molar-refractivity contribution in [3.05, 3.63) is 54.4 Å². The molecule has 0 saturated heterocycles. The maximum atomic E-state index is 12.2. The van der Waals surface area contributed by atoms with Gasteiger partial charge >= 0.3 is 0 Å². The van der Waals surface area contributed by atoms with E-state index in [-0.39, 0.29) is 12.5 Å². The molecule has 1 aromatic heterocycles. The van der Waals surface area contributed by atoms with Gasteiger partial charge in [0.05, 0.1) is 12.2 Å². The van der Waals surface area contributed by atoms with E-state index in [0.717, 1.165) is 0 Å². The Hall–Kier alpha value is -3.22. The minimum absolute atomic E-state index is 0.0251. The van der Waals surface area contributed by atoms with Gasteiger partial charge < -0.3 is 11.1 Å². The van der Waals surface area contributed by atoms with E-state index < -0.39 is 5.91 Å². The number of rotatable bonds is 6. The van der Waals surface area contributed by atoms with Crippen molar-refractivity contribution < 1.29 is 9.59 Å². The molecule has 7 heteroatoms. The molecule has 112 valence electrons. The molecule has 0 spiro atoms. The average Bonchev–Trinajstić information content (AvgIpc) is 2.55. The highest BCUT2D eigenvalue weighted by Gasteiger charge is 2.13. The van der Waals surface area contributed by atoms with Crippen molar-refractivity contribution in [2.45, 2.75) is 0 Å². The molecule has 0 bridgehead atoms. The minimum atomic E-state index is -0.498. The van der Waals surface area contributed by atoms with Gasteiger partial charge in [-0.15, -0.1) is 0 Å². The van der Waals surface area contributed by atoms with Gasteiger partial charge in [0.1, 0.15) is 0 Å². The number of hydrazone groups is 1. The largest absolute Gasteiger partial charge is 0.376 e. The molecule has 2 rings (SSSR count). The van der Waals surface area contributed by atoms with Gasteiger partial charge in [-0.05, 0) is 36.4 Å². The lowest BCUT2D eigenvalue weighted by Gasteiger charge is -2.16. The van der Waals surface area contributed by atoms with Crippen molar-refractivity contribution in [3.63, 3.8) is 0 Å². The lowest BCUT2D eigenvalue weighted by Crippen LogP contribution is -2.31. The number of hydrogen-bond donors (Lipinski definition) is 2. The monoisotopic (exact) mass is 297 g/mol. The molecule has 0 aliphatic carbocycles. The normalized spacial score (nSPS) is 9.82. The Labute approximate surface area is 127 Å². The Balaban J connectivity index is 1.99. The maximum absolute atomic E-state index is 12.2. The van der Waals surface area contributed by atoms with Crippen LogP contribution in [0.1, 0.15) is 10.4 Å². The zero-order valence-corrected chi connectivity index (χ0v) is 11.8. The van der Waals surface area contributed by atoms with E-state index in [2.05, 4.69) is 22.1 Å². The number of primary amides is 1. The number of aromatic nitrogens is 1. The summed E-state index contributed by atoms with van der Waals surface area (Å²) in [6.45, 7) is 3.43. The van der Waals surface area contributed by atoms with E-state index in [9.17, 15) is 9.59 Å². The number of carbonyl (C=O) groups excluding carboxylic acids is 2. The first-order valence-corrected chi connectivity index (χ1v) is 6.45. The van der Waals surface area contributed by atoms with Gasteiger partial charge in [-0.3, -0.25) is 14.6 Å². The van der Waals surface area contributed by atoms with E-state index >= 15 is 0 Å². The van der Waals surface area contributed by atoms with Crippen LogP contribution in [-0.2, 0) is 4.79 Å². The van der Waals surface area contributed by atoms with Crippen molar-refractivity contribution >= 4 is 29.9 Å². The van der Waals surface area contributed by atoms with Crippen LogP contribution in [0.4, 0.5) is 11.4 Å². The molecule has 7 nitrogen and oxygen atoms in total. The van der Waals surface area contributed by atoms with Crippen LogP contribution in [-0.4, -0.2) is 30.1 Å². The fourth-order valence-electron chi connectivity index (χ4n) is 1.79. The SMILES string of the molecule is C=NN(C(=O)CNc1ccc(C(N)=O)cc1)c1ccncc1. The molecule has 0 fully saturated rings. The molecule has 22 heavy (non-hydrogen) atoms. The first-order chi connectivity index (χ1) is 10.6. The number of pyridine rings is 1. The second kappa shape index (κ2) is 6.98. The Morgan fingerprint density at radius 3 is 2.36 bits per heavy atom. The number of hydrogen-bond acceptors (Lipinski definition) is 5. The van der Waals surface area contributed by atoms with Crippen LogP contribution in [0.5, 0.6) is 0 Å². The fourth-order valence-corrected chi connectivity index (χ4v) is 1.79. The molecule has 0 radical (unpaired) electrons.